The van der Waals surface area contributed by atoms with Gasteiger partial charge in [0, 0.05) is 12.7 Å². The molecule has 2 aromatic heterocycles. The number of aromatic nitrogens is 3. The molecule has 2 rings (SSSR count). The van der Waals surface area contributed by atoms with Crippen LogP contribution in [0.4, 0.5) is 4.39 Å². The second kappa shape index (κ2) is 6.13. The van der Waals surface area contributed by atoms with E-state index in [1.54, 1.807) is 4.68 Å². The van der Waals surface area contributed by atoms with Crippen molar-refractivity contribution in [1.29, 1.82) is 0 Å². The standard InChI is InChI=1S/C14H15ClFN3O/c1-3-10-13(15)11(19(4-2)18-10)8-12(20)14-9(16)6-5-7-17-14/h5-7H,3-4,8H2,1-2H3. The second-order valence-corrected chi connectivity index (χ2v) is 4.69. The van der Waals surface area contributed by atoms with Crippen LogP contribution in [0, 0.1) is 5.82 Å². The number of carbonyl (C=O) groups is 1. The van der Waals surface area contributed by atoms with Crippen molar-refractivity contribution >= 4 is 17.4 Å². The number of halogens is 2. The van der Waals surface area contributed by atoms with Gasteiger partial charge >= 0.3 is 0 Å². The first-order valence-corrected chi connectivity index (χ1v) is 6.84. The predicted octanol–water partition coefficient (Wildman–Crippen LogP) is 3.08. The van der Waals surface area contributed by atoms with Crippen molar-refractivity contribution in [3.63, 3.8) is 0 Å². The maximum absolute atomic E-state index is 13.6. The summed E-state index contributed by atoms with van der Waals surface area (Å²) in [6, 6.07) is 2.67. The molecule has 106 valence electrons. The molecule has 20 heavy (non-hydrogen) atoms. The monoisotopic (exact) mass is 295 g/mol. The molecule has 4 nitrogen and oxygen atoms in total. The minimum Gasteiger partial charge on any atom is -0.292 e. The highest BCUT2D eigenvalue weighted by Gasteiger charge is 2.20. The molecule has 6 heteroatoms. The van der Waals surface area contributed by atoms with E-state index < -0.39 is 11.6 Å². The third-order valence-electron chi connectivity index (χ3n) is 3.04. The van der Waals surface area contributed by atoms with E-state index in [2.05, 4.69) is 10.1 Å². The van der Waals surface area contributed by atoms with Crippen molar-refractivity contribution in [3.8, 4) is 0 Å². The fourth-order valence-electron chi connectivity index (χ4n) is 2.01. The Balaban J connectivity index is 2.33. The first-order valence-electron chi connectivity index (χ1n) is 6.46. The molecule has 0 atom stereocenters. The predicted molar refractivity (Wildman–Crippen MR) is 74.5 cm³/mol. The van der Waals surface area contributed by atoms with Crippen molar-refractivity contribution in [2.24, 2.45) is 0 Å². The smallest absolute Gasteiger partial charge is 0.190 e. The van der Waals surface area contributed by atoms with E-state index in [0.717, 1.165) is 5.69 Å². The van der Waals surface area contributed by atoms with E-state index in [4.69, 9.17) is 11.6 Å². The summed E-state index contributed by atoms with van der Waals surface area (Å²) in [5.74, 6) is -1.02. The average molecular weight is 296 g/mol. The number of hydrogen-bond donors (Lipinski definition) is 0. The zero-order valence-corrected chi connectivity index (χ0v) is 12.1. The molecule has 0 N–H and O–H groups in total. The molecule has 2 heterocycles. The Morgan fingerprint density at radius 1 is 1.45 bits per heavy atom. The first-order chi connectivity index (χ1) is 9.58. The molecule has 0 fully saturated rings. The molecule has 0 aliphatic heterocycles. The largest absolute Gasteiger partial charge is 0.292 e. The highest BCUT2D eigenvalue weighted by molar-refractivity contribution is 6.32. The molecule has 0 spiro atoms. The van der Waals surface area contributed by atoms with Gasteiger partial charge in [0.15, 0.2) is 11.6 Å². The van der Waals surface area contributed by atoms with Crippen LogP contribution in [0.1, 0.15) is 35.7 Å². The molecule has 0 aliphatic rings. The number of carbonyl (C=O) groups excluding carboxylic acids is 1. The van der Waals surface area contributed by atoms with Crippen molar-refractivity contribution in [2.45, 2.75) is 33.2 Å². The summed E-state index contributed by atoms with van der Waals surface area (Å²) in [6.45, 7) is 4.46. The van der Waals surface area contributed by atoms with Crippen molar-refractivity contribution in [3.05, 3.63) is 46.3 Å². The fraction of sp³-hybridized carbons (Fsp3) is 0.357. The van der Waals surface area contributed by atoms with Gasteiger partial charge < -0.3 is 0 Å². The van der Waals surface area contributed by atoms with Gasteiger partial charge in [0.05, 0.1) is 22.8 Å². The van der Waals surface area contributed by atoms with Crippen LogP contribution in [0.2, 0.25) is 5.02 Å². The molecule has 0 unspecified atom stereocenters. The average Bonchev–Trinajstić information content (AvgIpc) is 2.75. The third kappa shape index (κ3) is 2.72. The van der Waals surface area contributed by atoms with Gasteiger partial charge in [-0.3, -0.25) is 14.5 Å². The first kappa shape index (κ1) is 14.7. The Kier molecular flexibility index (Phi) is 4.49. The quantitative estimate of drug-likeness (QED) is 0.797. The van der Waals surface area contributed by atoms with Crippen LogP contribution in [0.15, 0.2) is 18.3 Å². The van der Waals surface area contributed by atoms with Crippen LogP contribution in [0.5, 0.6) is 0 Å². The number of rotatable bonds is 5. The lowest BCUT2D eigenvalue weighted by molar-refractivity contribution is 0.0981. The summed E-state index contributed by atoms with van der Waals surface area (Å²) in [4.78, 5) is 15.9. The van der Waals surface area contributed by atoms with E-state index >= 15 is 0 Å². The highest BCUT2D eigenvalue weighted by Crippen LogP contribution is 2.23. The van der Waals surface area contributed by atoms with Crippen LogP contribution in [0.3, 0.4) is 0 Å². The van der Waals surface area contributed by atoms with Gasteiger partial charge in [-0.2, -0.15) is 5.10 Å². The second-order valence-electron chi connectivity index (χ2n) is 4.31. The van der Waals surface area contributed by atoms with Crippen molar-refractivity contribution in [1.82, 2.24) is 14.8 Å². The molecule has 0 saturated heterocycles. The normalized spacial score (nSPS) is 10.8. The zero-order chi connectivity index (χ0) is 14.7. The Morgan fingerprint density at radius 3 is 2.80 bits per heavy atom. The van der Waals surface area contributed by atoms with Gasteiger partial charge in [-0.05, 0) is 25.5 Å². The van der Waals surface area contributed by atoms with Gasteiger partial charge in [-0.15, -0.1) is 0 Å². The fourth-order valence-corrected chi connectivity index (χ4v) is 2.35. The molecule has 0 bridgehead atoms. The minimum absolute atomic E-state index is 0.00634. The van der Waals surface area contributed by atoms with Crippen LogP contribution >= 0.6 is 11.6 Å². The van der Waals surface area contributed by atoms with E-state index in [0.29, 0.717) is 23.7 Å². The highest BCUT2D eigenvalue weighted by atomic mass is 35.5. The zero-order valence-electron chi connectivity index (χ0n) is 11.4. The molecular formula is C14H15ClFN3O. The maximum atomic E-state index is 13.6. The van der Waals surface area contributed by atoms with Gasteiger partial charge in [0.2, 0.25) is 0 Å². The molecular weight excluding hydrogens is 281 g/mol. The summed E-state index contributed by atoms with van der Waals surface area (Å²) in [5, 5.41) is 4.82. The SMILES string of the molecule is CCc1nn(CC)c(CC(=O)c2ncccc2F)c1Cl. The van der Waals surface area contributed by atoms with E-state index in [1.807, 2.05) is 13.8 Å². The van der Waals surface area contributed by atoms with Gasteiger partial charge in [-0.1, -0.05) is 18.5 Å². The molecule has 0 amide bonds. The van der Waals surface area contributed by atoms with Crippen LogP contribution in [0.25, 0.3) is 0 Å². The number of pyridine rings is 1. The lowest BCUT2D eigenvalue weighted by Crippen LogP contribution is -2.12. The van der Waals surface area contributed by atoms with Gasteiger partial charge in [0.1, 0.15) is 5.69 Å². The number of aryl methyl sites for hydroxylation is 2. The number of Topliss-reactive ketones (excluding diaryl/α,β-unsaturated/α-hetero) is 1. The number of hydrogen-bond acceptors (Lipinski definition) is 3. The van der Waals surface area contributed by atoms with Gasteiger partial charge in [0.25, 0.3) is 0 Å². The molecule has 0 aromatic carbocycles. The summed E-state index contributed by atoms with van der Waals surface area (Å²) in [7, 11) is 0. The van der Waals surface area contributed by atoms with Crippen molar-refractivity contribution in [2.75, 3.05) is 0 Å². The summed E-state index contributed by atoms with van der Waals surface area (Å²) < 4.78 is 15.2. The lowest BCUT2D eigenvalue weighted by atomic mass is 10.1. The molecule has 0 saturated carbocycles. The Morgan fingerprint density at radius 2 is 2.20 bits per heavy atom. The molecule has 0 radical (unpaired) electrons. The Labute approximate surface area is 121 Å². The molecule has 0 aliphatic carbocycles. The third-order valence-corrected chi connectivity index (χ3v) is 3.48. The van der Waals surface area contributed by atoms with E-state index in [1.165, 1.54) is 18.3 Å². The van der Waals surface area contributed by atoms with E-state index in [-0.39, 0.29) is 12.1 Å². The summed E-state index contributed by atoms with van der Waals surface area (Å²) in [6.07, 6.45) is 2.07. The molecule has 2 aromatic rings. The Hall–Kier alpha value is -1.75. The lowest BCUT2D eigenvalue weighted by Gasteiger charge is -2.05. The van der Waals surface area contributed by atoms with E-state index in [9.17, 15) is 9.18 Å². The Bertz CT molecular complexity index is 639. The van der Waals surface area contributed by atoms with Crippen LogP contribution in [-0.4, -0.2) is 20.5 Å². The topological polar surface area (TPSA) is 47.8 Å². The van der Waals surface area contributed by atoms with Crippen LogP contribution in [-0.2, 0) is 19.4 Å². The number of nitrogens with zero attached hydrogens (tertiary/aromatic N) is 3. The summed E-state index contributed by atoms with van der Waals surface area (Å²) >= 11 is 6.23. The summed E-state index contributed by atoms with van der Waals surface area (Å²) in [5.41, 5.74) is 1.20. The maximum Gasteiger partial charge on any atom is 0.190 e. The minimum atomic E-state index is -0.619. The van der Waals surface area contributed by atoms with Crippen LogP contribution < -0.4 is 0 Å². The van der Waals surface area contributed by atoms with Crippen molar-refractivity contribution < 1.29 is 9.18 Å². The van der Waals surface area contributed by atoms with Gasteiger partial charge in [-0.25, -0.2) is 4.39 Å². The number of ketones is 1.